The molecule has 0 aromatic carbocycles. The average Bonchev–Trinajstić information content (AvgIpc) is 2.78. The predicted molar refractivity (Wildman–Crippen MR) is 53.2 cm³/mol. The third-order valence-corrected chi connectivity index (χ3v) is 1.87. The molecular formula is C10H9N3O3. The van der Waals surface area contributed by atoms with Gasteiger partial charge < -0.3 is 9.15 Å². The minimum absolute atomic E-state index is 0.0314. The van der Waals surface area contributed by atoms with E-state index < -0.39 is 5.97 Å². The summed E-state index contributed by atoms with van der Waals surface area (Å²) in [6.07, 6.45) is 1.59. The SMILES string of the molecule is COC(=O)Cc1nnc(-c2ccccn2)o1. The summed E-state index contributed by atoms with van der Waals surface area (Å²) in [4.78, 5) is 15.0. The van der Waals surface area contributed by atoms with E-state index in [-0.39, 0.29) is 12.3 Å². The highest BCUT2D eigenvalue weighted by atomic mass is 16.5. The van der Waals surface area contributed by atoms with Crippen LogP contribution >= 0.6 is 0 Å². The number of nitrogens with zero attached hydrogens (tertiary/aromatic N) is 3. The molecule has 0 aliphatic heterocycles. The van der Waals surface area contributed by atoms with Crippen LogP contribution in [-0.4, -0.2) is 28.3 Å². The van der Waals surface area contributed by atoms with Gasteiger partial charge in [-0.25, -0.2) is 0 Å². The van der Waals surface area contributed by atoms with Crippen molar-refractivity contribution in [1.29, 1.82) is 0 Å². The molecule has 16 heavy (non-hydrogen) atoms. The normalized spacial score (nSPS) is 10.1. The minimum Gasteiger partial charge on any atom is -0.469 e. The van der Waals surface area contributed by atoms with Crippen LogP contribution in [0.1, 0.15) is 5.89 Å². The fraction of sp³-hybridized carbons (Fsp3) is 0.200. The molecule has 0 bridgehead atoms. The molecule has 0 N–H and O–H groups in total. The first-order chi connectivity index (χ1) is 7.79. The molecule has 2 heterocycles. The highest BCUT2D eigenvalue weighted by Gasteiger charge is 2.12. The van der Waals surface area contributed by atoms with Crippen LogP contribution in [0.4, 0.5) is 0 Å². The van der Waals surface area contributed by atoms with E-state index in [2.05, 4.69) is 19.9 Å². The Balaban J connectivity index is 2.17. The van der Waals surface area contributed by atoms with E-state index >= 15 is 0 Å². The Bertz CT molecular complexity index is 481. The smallest absolute Gasteiger partial charge is 0.315 e. The number of rotatable bonds is 3. The summed E-state index contributed by atoms with van der Waals surface area (Å²) in [7, 11) is 1.30. The number of hydrogen-bond acceptors (Lipinski definition) is 6. The first-order valence-corrected chi connectivity index (χ1v) is 4.60. The molecular weight excluding hydrogens is 210 g/mol. The molecule has 2 aromatic rings. The quantitative estimate of drug-likeness (QED) is 0.712. The van der Waals surface area contributed by atoms with Crippen molar-refractivity contribution in [2.75, 3.05) is 7.11 Å². The van der Waals surface area contributed by atoms with Crippen LogP contribution in [0, 0.1) is 0 Å². The van der Waals surface area contributed by atoms with Gasteiger partial charge in [0.1, 0.15) is 12.1 Å². The van der Waals surface area contributed by atoms with Crippen LogP contribution in [0.3, 0.4) is 0 Å². The van der Waals surface area contributed by atoms with Crippen LogP contribution < -0.4 is 0 Å². The summed E-state index contributed by atoms with van der Waals surface area (Å²) in [6, 6.07) is 5.34. The van der Waals surface area contributed by atoms with E-state index in [9.17, 15) is 4.79 Å². The number of hydrogen-bond donors (Lipinski definition) is 0. The first kappa shape index (κ1) is 10.3. The second-order valence-electron chi connectivity index (χ2n) is 2.97. The molecule has 0 radical (unpaired) electrons. The molecule has 0 fully saturated rings. The van der Waals surface area contributed by atoms with Crippen molar-refractivity contribution in [2.45, 2.75) is 6.42 Å². The van der Waals surface area contributed by atoms with Crippen molar-refractivity contribution in [1.82, 2.24) is 15.2 Å². The summed E-state index contributed by atoms with van der Waals surface area (Å²) in [6.45, 7) is 0. The topological polar surface area (TPSA) is 78.1 Å². The molecule has 0 saturated heterocycles. The number of carbonyl (C=O) groups is 1. The molecule has 0 saturated carbocycles. The maximum atomic E-state index is 11.0. The van der Waals surface area contributed by atoms with Gasteiger partial charge in [-0.2, -0.15) is 0 Å². The third-order valence-electron chi connectivity index (χ3n) is 1.87. The van der Waals surface area contributed by atoms with Gasteiger partial charge in [-0.15, -0.1) is 10.2 Å². The van der Waals surface area contributed by atoms with Gasteiger partial charge in [-0.1, -0.05) is 6.07 Å². The summed E-state index contributed by atoms with van der Waals surface area (Å²) in [5, 5.41) is 7.51. The number of ether oxygens (including phenoxy) is 1. The van der Waals surface area contributed by atoms with Crippen LogP contribution in [0.25, 0.3) is 11.6 Å². The Morgan fingerprint density at radius 3 is 3.00 bits per heavy atom. The molecule has 6 heteroatoms. The third kappa shape index (κ3) is 2.22. The summed E-state index contributed by atoms with van der Waals surface area (Å²) >= 11 is 0. The maximum Gasteiger partial charge on any atom is 0.315 e. The summed E-state index contributed by atoms with van der Waals surface area (Å²) in [5.41, 5.74) is 0.575. The van der Waals surface area contributed by atoms with E-state index in [4.69, 9.17) is 4.42 Å². The minimum atomic E-state index is -0.420. The largest absolute Gasteiger partial charge is 0.469 e. The fourth-order valence-corrected chi connectivity index (χ4v) is 1.11. The van der Waals surface area contributed by atoms with Gasteiger partial charge in [0, 0.05) is 6.20 Å². The number of esters is 1. The fourth-order valence-electron chi connectivity index (χ4n) is 1.11. The van der Waals surface area contributed by atoms with E-state index in [1.54, 1.807) is 18.3 Å². The highest BCUT2D eigenvalue weighted by Crippen LogP contribution is 2.14. The molecule has 2 aromatic heterocycles. The van der Waals surface area contributed by atoms with Gasteiger partial charge in [0.2, 0.25) is 5.89 Å². The lowest BCUT2D eigenvalue weighted by Crippen LogP contribution is -2.04. The molecule has 82 valence electrons. The van der Waals surface area contributed by atoms with Gasteiger partial charge in [-0.05, 0) is 12.1 Å². The Hall–Kier alpha value is -2.24. The van der Waals surface area contributed by atoms with Gasteiger partial charge in [0.25, 0.3) is 5.89 Å². The van der Waals surface area contributed by atoms with E-state index in [1.165, 1.54) is 7.11 Å². The van der Waals surface area contributed by atoms with Crippen LogP contribution in [0.5, 0.6) is 0 Å². The highest BCUT2D eigenvalue weighted by molar-refractivity contribution is 5.71. The number of carbonyl (C=O) groups excluding carboxylic acids is 1. The Kier molecular flexibility index (Phi) is 2.90. The first-order valence-electron chi connectivity index (χ1n) is 4.60. The van der Waals surface area contributed by atoms with Gasteiger partial charge >= 0.3 is 5.97 Å². The van der Waals surface area contributed by atoms with Crippen molar-refractivity contribution >= 4 is 5.97 Å². The lowest BCUT2D eigenvalue weighted by molar-refractivity contribution is -0.140. The van der Waals surface area contributed by atoms with Crippen molar-refractivity contribution in [3.8, 4) is 11.6 Å². The van der Waals surface area contributed by atoms with E-state index in [0.29, 0.717) is 11.6 Å². The Morgan fingerprint density at radius 2 is 2.31 bits per heavy atom. The molecule has 0 amide bonds. The van der Waals surface area contributed by atoms with Crippen molar-refractivity contribution in [2.24, 2.45) is 0 Å². The molecule has 0 aliphatic carbocycles. The standard InChI is InChI=1S/C10H9N3O3/c1-15-9(14)6-8-12-13-10(16-8)7-4-2-3-5-11-7/h2-5H,6H2,1H3. The summed E-state index contributed by atoms with van der Waals surface area (Å²) in [5.74, 6) is 0.0863. The molecule has 0 aliphatic rings. The van der Waals surface area contributed by atoms with Crippen molar-refractivity contribution < 1.29 is 13.9 Å². The second kappa shape index (κ2) is 4.52. The summed E-state index contributed by atoms with van der Waals surface area (Å²) < 4.78 is 9.74. The van der Waals surface area contributed by atoms with Crippen molar-refractivity contribution in [3.05, 3.63) is 30.3 Å². The maximum absolute atomic E-state index is 11.0. The lowest BCUT2D eigenvalue weighted by atomic mass is 10.3. The Labute approximate surface area is 91.3 Å². The molecule has 0 spiro atoms. The molecule has 2 rings (SSSR count). The van der Waals surface area contributed by atoms with Crippen LogP contribution in [-0.2, 0) is 16.0 Å². The van der Waals surface area contributed by atoms with E-state index in [1.807, 2.05) is 6.07 Å². The number of aromatic nitrogens is 3. The van der Waals surface area contributed by atoms with Gasteiger partial charge in [-0.3, -0.25) is 9.78 Å². The predicted octanol–water partition coefficient (Wildman–Crippen LogP) is 0.847. The van der Waals surface area contributed by atoms with Gasteiger partial charge in [0.15, 0.2) is 0 Å². The van der Waals surface area contributed by atoms with Gasteiger partial charge in [0.05, 0.1) is 7.11 Å². The second-order valence-corrected chi connectivity index (χ2v) is 2.97. The molecule has 0 atom stereocenters. The van der Waals surface area contributed by atoms with E-state index in [0.717, 1.165) is 0 Å². The molecule has 0 unspecified atom stereocenters. The monoisotopic (exact) mass is 219 g/mol. The average molecular weight is 219 g/mol. The molecule has 6 nitrogen and oxygen atoms in total. The zero-order valence-electron chi connectivity index (χ0n) is 8.58. The zero-order valence-corrected chi connectivity index (χ0v) is 8.58. The lowest BCUT2D eigenvalue weighted by Gasteiger charge is -1.93. The van der Waals surface area contributed by atoms with Crippen LogP contribution in [0.2, 0.25) is 0 Å². The van der Waals surface area contributed by atoms with Crippen LogP contribution in [0.15, 0.2) is 28.8 Å². The number of methoxy groups -OCH3 is 1. The Morgan fingerprint density at radius 1 is 1.44 bits per heavy atom. The number of pyridine rings is 1. The van der Waals surface area contributed by atoms with Crippen molar-refractivity contribution in [3.63, 3.8) is 0 Å². The zero-order chi connectivity index (χ0) is 11.4.